The summed E-state index contributed by atoms with van der Waals surface area (Å²) < 4.78 is 5.42. The van der Waals surface area contributed by atoms with Gasteiger partial charge in [0.25, 0.3) is 5.91 Å². The van der Waals surface area contributed by atoms with Crippen molar-refractivity contribution in [3.8, 4) is 0 Å². The summed E-state index contributed by atoms with van der Waals surface area (Å²) in [6.45, 7) is 0.645. The summed E-state index contributed by atoms with van der Waals surface area (Å²) in [6, 6.07) is 4.61. The Morgan fingerprint density at radius 1 is 1.53 bits per heavy atom. The van der Waals surface area contributed by atoms with E-state index in [1.807, 2.05) is 0 Å². The van der Waals surface area contributed by atoms with E-state index in [-0.39, 0.29) is 17.5 Å². The predicted octanol–water partition coefficient (Wildman–Crippen LogP) is 1.91. The normalized spacial score (nSPS) is 20.9. The van der Waals surface area contributed by atoms with Gasteiger partial charge in [-0.3, -0.25) is 4.79 Å². The monoisotopic (exact) mass is 327 g/mol. The largest absolute Gasteiger partial charge is 0.478 e. The molecule has 0 unspecified atom stereocenters. The Morgan fingerprint density at radius 3 is 2.84 bits per heavy atom. The van der Waals surface area contributed by atoms with Gasteiger partial charge in [-0.1, -0.05) is 0 Å². The lowest BCUT2D eigenvalue weighted by molar-refractivity contribution is 0.0695. The fraction of sp³-hybridized carbons (Fsp3) is 0.385. The lowest BCUT2D eigenvalue weighted by atomic mass is 10.1. The molecule has 2 rings (SSSR count). The van der Waals surface area contributed by atoms with Crippen molar-refractivity contribution in [3.63, 3.8) is 0 Å². The van der Waals surface area contributed by atoms with Crippen molar-refractivity contribution in [1.82, 2.24) is 5.32 Å². The van der Waals surface area contributed by atoms with Crippen LogP contribution in [0.15, 0.2) is 22.7 Å². The summed E-state index contributed by atoms with van der Waals surface area (Å²) in [5, 5.41) is 11.8. The van der Waals surface area contributed by atoms with Crippen LogP contribution >= 0.6 is 15.9 Å². The number of ether oxygens (including phenoxy) is 1. The molecule has 2 N–H and O–H groups in total. The van der Waals surface area contributed by atoms with Crippen LogP contribution in [0.4, 0.5) is 0 Å². The van der Waals surface area contributed by atoms with E-state index in [9.17, 15) is 9.59 Å². The van der Waals surface area contributed by atoms with E-state index in [0.29, 0.717) is 22.6 Å². The van der Waals surface area contributed by atoms with Crippen LogP contribution in [-0.2, 0) is 4.74 Å². The third-order valence-corrected chi connectivity index (χ3v) is 3.74. The van der Waals surface area contributed by atoms with Crippen LogP contribution in [0.2, 0.25) is 0 Å². The minimum absolute atomic E-state index is 0.139. The highest BCUT2D eigenvalue weighted by Crippen LogP contribution is 2.30. The first kappa shape index (κ1) is 14.0. The van der Waals surface area contributed by atoms with Gasteiger partial charge in [-0.05, 0) is 40.5 Å². The molecule has 2 atom stereocenters. The summed E-state index contributed by atoms with van der Waals surface area (Å²) in [7, 11) is 1.64. The molecule has 1 aliphatic carbocycles. The number of aromatic carboxylic acids is 1. The number of hydrogen-bond acceptors (Lipinski definition) is 3. The summed E-state index contributed by atoms with van der Waals surface area (Å²) >= 11 is 3.15. The number of nitrogens with one attached hydrogen (secondary N) is 1. The molecule has 1 aromatic rings. The van der Waals surface area contributed by atoms with Crippen LogP contribution in [0.5, 0.6) is 0 Å². The minimum atomic E-state index is -1.03. The molecular weight excluding hydrogens is 314 g/mol. The van der Waals surface area contributed by atoms with Crippen molar-refractivity contribution in [2.75, 3.05) is 13.7 Å². The van der Waals surface area contributed by atoms with Crippen molar-refractivity contribution < 1.29 is 19.4 Å². The molecule has 0 spiro atoms. The smallest absolute Gasteiger partial charge is 0.336 e. The molecule has 0 aliphatic heterocycles. The molecule has 0 aromatic heterocycles. The first-order valence-corrected chi connectivity index (χ1v) is 6.65. The van der Waals surface area contributed by atoms with E-state index in [2.05, 4.69) is 21.2 Å². The van der Waals surface area contributed by atoms with Gasteiger partial charge >= 0.3 is 5.97 Å². The van der Waals surface area contributed by atoms with Gasteiger partial charge in [0.15, 0.2) is 0 Å². The number of carbonyl (C=O) groups excluding carboxylic acids is 1. The van der Waals surface area contributed by atoms with Gasteiger partial charge in [0.05, 0.1) is 12.2 Å². The van der Waals surface area contributed by atoms with Crippen molar-refractivity contribution in [3.05, 3.63) is 33.8 Å². The highest BCUT2D eigenvalue weighted by atomic mass is 79.9. The van der Waals surface area contributed by atoms with E-state index in [1.165, 1.54) is 18.2 Å². The first-order chi connectivity index (χ1) is 9.02. The number of halogens is 1. The number of methoxy groups -OCH3 is 1. The van der Waals surface area contributed by atoms with Gasteiger partial charge in [0.1, 0.15) is 0 Å². The standard InChI is InChI=1S/C13H14BrNO4/c1-19-6-8-5-11(8)15-12(16)7-2-3-9(13(17)18)10(14)4-7/h2-4,8,11H,5-6H2,1H3,(H,15,16)(H,17,18)/t8-,11+/m1/s1. The van der Waals surface area contributed by atoms with Crippen LogP contribution in [0.1, 0.15) is 27.1 Å². The first-order valence-electron chi connectivity index (χ1n) is 5.85. The Bertz CT molecular complexity index is 517. The Balaban J connectivity index is 2.00. The molecule has 0 radical (unpaired) electrons. The van der Waals surface area contributed by atoms with Gasteiger partial charge in [-0.25, -0.2) is 4.79 Å². The molecule has 102 valence electrons. The number of benzene rings is 1. The number of amides is 1. The van der Waals surface area contributed by atoms with Crippen LogP contribution in [0, 0.1) is 5.92 Å². The van der Waals surface area contributed by atoms with E-state index in [1.54, 1.807) is 7.11 Å². The number of rotatable bonds is 5. The average Bonchev–Trinajstić information content (AvgIpc) is 3.07. The Hall–Kier alpha value is -1.40. The van der Waals surface area contributed by atoms with Gasteiger partial charge < -0.3 is 15.2 Å². The second-order valence-electron chi connectivity index (χ2n) is 4.53. The molecule has 1 saturated carbocycles. The fourth-order valence-electron chi connectivity index (χ4n) is 1.90. The lowest BCUT2D eigenvalue weighted by Crippen LogP contribution is -2.27. The van der Waals surface area contributed by atoms with Crippen molar-refractivity contribution >= 4 is 27.8 Å². The van der Waals surface area contributed by atoms with Crippen LogP contribution in [0.25, 0.3) is 0 Å². The molecule has 19 heavy (non-hydrogen) atoms. The van der Waals surface area contributed by atoms with Gasteiger partial charge in [0.2, 0.25) is 0 Å². The van der Waals surface area contributed by atoms with E-state index in [4.69, 9.17) is 9.84 Å². The third kappa shape index (κ3) is 3.33. The van der Waals surface area contributed by atoms with Crippen LogP contribution in [-0.4, -0.2) is 36.7 Å². The maximum absolute atomic E-state index is 12.0. The summed E-state index contributed by atoms with van der Waals surface area (Å²) in [4.78, 5) is 22.8. The number of carboxylic acids is 1. The highest BCUT2D eigenvalue weighted by molar-refractivity contribution is 9.10. The molecule has 1 aromatic carbocycles. The molecule has 1 aliphatic rings. The molecule has 1 amide bonds. The Morgan fingerprint density at radius 2 is 2.26 bits per heavy atom. The van der Waals surface area contributed by atoms with Gasteiger partial charge in [0, 0.05) is 29.1 Å². The quantitative estimate of drug-likeness (QED) is 0.866. The lowest BCUT2D eigenvalue weighted by Gasteiger charge is -2.06. The van der Waals surface area contributed by atoms with Crippen molar-refractivity contribution in [1.29, 1.82) is 0 Å². The number of carbonyl (C=O) groups is 2. The van der Waals surface area contributed by atoms with Crippen molar-refractivity contribution in [2.45, 2.75) is 12.5 Å². The predicted molar refractivity (Wildman–Crippen MR) is 72.3 cm³/mol. The fourth-order valence-corrected chi connectivity index (χ4v) is 2.45. The zero-order valence-corrected chi connectivity index (χ0v) is 11.9. The number of carboxylic acid groups (broad SMARTS) is 1. The summed E-state index contributed by atoms with van der Waals surface area (Å²) in [5.41, 5.74) is 0.583. The molecular formula is C13H14BrNO4. The average molecular weight is 328 g/mol. The van der Waals surface area contributed by atoms with Crippen LogP contribution in [0.3, 0.4) is 0 Å². The molecule has 0 saturated heterocycles. The Kier molecular flexibility index (Phi) is 4.21. The van der Waals surface area contributed by atoms with E-state index < -0.39 is 5.97 Å². The maximum Gasteiger partial charge on any atom is 0.336 e. The molecule has 0 heterocycles. The highest BCUT2D eigenvalue weighted by Gasteiger charge is 2.38. The second kappa shape index (κ2) is 5.71. The van der Waals surface area contributed by atoms with E-state index >= 15 is 0 Å². The van der Waals surface area contributed by atoms with Gasteiger partial charge in [-0.2, -0.15) is 0 Å². The van der Waals surface area contributed by atoms with E-state index in [0.717, 1.165) is 6.42 Å². The number of hydrogen-bond donors (Lipinski definition) is 2. The Labute approximate surface area is 119 Å². The molecule has 1 fully saturated rings. The van der Waals surface area contributed by atoms with Gasteiger partial charge in [-0.15, -0.1) is 0 Å². The summed E-state index contributed by atoms with van der Waals surface area (Å²) in [5.74, 6) is -0.835. The third-order valence-electron chi connectivity index (χ3n) is 3.08. The summed E-state index contributed by atoms with van der Waals surface area (Å²) in [6.07, 6.45) is 0.925. The van der Waals surface area contributed by atoms with Crippen LogP contribution < -0.4 is 5.32 Å². The molecule has 0 bridgehead atoms. The topological polar surface area (TPSA) is 75.6 Å². The van der Waals surface area contributed by atoms with Crippen molar-refractivity contribution in [2.24, 2.45) is 5.92 Å². The molecule has 6 heteroatoms. The second-order valence-corrected chi connectivity index (χ2v) is 5.39. The SMILES string of the molecule is COC[C@H]1C[C@@H]1NC(=O)c1ccc(C(=O)O)c(Br)c1. The zero-order chi connectivity index (χ0) is 14.0. The minimum Gasteiger partial charge on any atom is -0.478 e. The molecule has 5 nitrogen and oxygen atoms in total. The maximum atomic E-state index is 12.0. The zero-order valence-electron chi connectivity index (χ0n) is 10.4.